The summed E-state index contributed by atoms with van der Waals surface area (Å²) in [5, 5.41) is 3.38. The maximum atomic E-state index is 10.9. The van der Waals surface area contributed by atoms with E-state index in [9.17, 15) is 8.42 Å². The third kappa shape index (κ3) is 4.60. The van der Waals surface area contributed by atoms with Crippen LogP contribution in [0.2, 0.25) is 0 Å². The Bertz CT molecular complexity index is 522. The molecule has 0 amide bonds. The van der Waals surface area contributed by atoms with Gasteiger partial charge in [0.15, 0.2) is 0 Å². The molecule has 0 unspecified atom stereocenters. The van der Waals surface area contributed by atoms with Crippen LogP contribution in [-0.4, -0.2) is 33.8 Å². The minimum Gasteiger partial charge on any atom is -0.313 e. The second-order valence-electron chi connectivity index (χ2n) is 5.40. The molecule has 0 aromatic heterocycles. The predicted molar refractivity (Wildman–Crippen MR) is 77.8 cm³/mol. The van der Waals surface area contributed by atoms with Gasteiger partial charge in [-0.3, -0.25) is 0 Å². The molecule has 0 bridgehead atoms. The van der Waals surface area contributed by atoms with E-state index in [2.05, 4.69) is 41.2 Å². The Labute approximate surface area is 115 Å². The molecule has 1 aliphatic rings. The van der Waals surface area contributed by atoms with Crippen LogP contribution in [0.25, 0.3) is 0 Å². The van der Waals surface area contributed by atoms with Gasteiger partial charge in [0.25, 0.3) is 0 Å². The van der Waals surface area contributed by atoms with Gasteiger partial charge in [-0.2, -0.15) is 0 Å². The summed E-state index contributed by atoms with van der Waals surface area (Å²) in [6.07, 6.45) is 3.47. The van der Waals surface area contributed by atoms with Gasteiger partial charge in [0, 0.05) is 19.1 Å². The van der Waals surface area contributed by atoms with E-state index < -0.39 is 10.0 Å². The van der Waals surface area contributed by atoms with Crippen molar-refractivity contribution >= 4 is 10.0 Å². The van der Waals surface area contributed by atoms with Crippen molar-refractivity contribution in [3.8, 4) is 0 Å². The molecular formula is C14H22N2O2S. The van der Waals surface area contributed by atoms with E-state index in [0.717, 1.165) is 12.8 Å². The fourth-order valence-electron chi connectivity index (χ4n) is 2.49. The first-order valence-electron chi connectivity index (χ1n) is 6.68. The molecule has 0 radical (unpaired) electrons. The van der Waals surface area contributed by atoms with Crippen molar-refractivity contribution < 1.29 is 8.42 Å². The molecule has 2 N–H and O–H groups in total. The zero-order valence-electron chi connectivity index (χ0n) is 11.5. The number of aryl methyl sites for hydroxylation is 1. The van der Waals surface area contributed by atoms with Crippen molar-refractivity contribution in [2.75, 3.05) is 19.3 Å². The number of hydrogen-bond acceptors (Lipinski definition) is 3. The van der Waals surface area contributed by atoms with Crippen LogP contribution >= 0.6 is 0 Å². The molecule has 0 heterocycles. The van der Waals surface area contributed by atoms with E-state index in [-0.39, 0.29) is 0 Å². The Balaban J connectivity index is 1.67. The van der Waals surface area contributed by atoms with E-state index in [1.54, 1.807) is 0 Å². The number of sulfonamides is 1. The number of hydrogen-bond donors (Lipinski definition) is 2. The van der Waals surface area contributed by atoms with Gasteiger partial charge in [-0.15, -0.1) is 0 Å². The summed E-state index contributed by atoms with van der Waals surface area (Å²) < 4.78 is 24.3. The largest absolute Gasteiger partial charge is 0.313 e. The van der Waals surface area contributed by atoms with E-state index in [1.165, 1.54) is 17.4 Å². The van der Waals surface area contributed by atoms with Crippen molar-refractivity contribution in [3.63, 3.8) is 0 Å². The first-order valence-corrected chi connectivity index (χ1v) is 8.58. The average molecular weight is 282 g/mol. The lowest BCUT2D eigenvalue weighted by atomic mass is 9.75. The van der Waals surface area contributed by atoms with E-state index in [1.807, 2.05) is 0 Å². The molecule has 19 heavy (non-hydrogen) atoms. The van der Waals surface area contributed by atoms with Crippen molar-refractivity contribution in [3.05, 3.63) is 35.4 Å². The Kier molecular flexibility index (Phi) is 4.60. The molecule has 0 saturated heterocycles. The Morgan fingerprint density at radius 2 is 2.00 bits per heavy atom. The fourth-order valence-corrected chi connectivity index (χ4v) is 2.97. The Morgan fingerprint density at radius 3 is 2.63 bits per heavy atom. The molecule has 5 heteroatoms. The second kappa shape index (κ2) is 6.03. The smallest absolute Gasteiger partial charge is 0.208 e. The summed E-state index contributed by atoms with van der Waals surface area (Å²) in [4.78, 5) is 0. The first-order chi connectivity index (χ1) is 8.94. The molecule has 4 nitrogen and oxygen atoms in total. The van der Waals surface area contributed by atoms with Crippen LogP contribution in [0.3, 0.4) is 0 Å². The average Bonchev–Trinajstić information content (AvgIpc) is 2.24. The third-order valence-corrected chi connectivity index (χ3v) is 4.30. The highest BCUT2D eigenvalue weighted by molar-refractivity contribution is 7.88. The Hall–Kier alpha value is -0.910. The van der Waals surface area contributed by atoms with Gasteiger partial charge in [0.2, 0.25) is 10.0 Å². The van der Waals surface area contributed by atoms with Gasteiger partial charge in [0.1, 0.15) is 0 Å². The van der Waals surface area contributed by atoms with Gasteiger partial charge in [-0.05, 0) is 31.2 Å². The topological polar surface area (TPSA) is 58.2 Å². The number of nitrogens with one attached hydrogen (secondary N) is 2. The molecule has 1 saturated carbocycles. The molecular weight excluding hydrogens is 260 g/mol. The van der Waals surface area contributed by atoms with Gasteiger partial charge in [-0.25, -0.2) is 13.1 Å². The highest BCUT2D eigenvalue weighted by Crippen LogP contribution is 2.36. The second-order valence-corrected chi connectivity index (χ2v) is 7.23. The van der Waals surface area contributed by atoms with Crippen LogP contribution in [0.1, 0.15) is 29.9 Å². The molecule has 2 rings (SSSR count). The van der Waals surface area contributed by atoms with Crippen LogP contribution in [0.4, 0.5) is 0 Å². The number of benzene rings is 1. The van der Waals surface area contributed by atoms with Crippen molar-refractivity contribution in [2.45, 2.75) is 31.7 Å². The van der Waals surface area contributed by atoms with E-state index in [4.69, 9.17) is 0 Å². The lowest BCUT2D eigenvalue weighted by molar-refractivity contribution is 0.293. The lowest BCUT2D eigenvalue weighted by Crippen LogP contribution is -2.43. The summed E-state index contributed by atoms with van der Waals surface area (Å²) in [6.45, 7) is 3.28. The molecule has 1 aromatic rings. The van der Waals surface area contributed by atoms with Crippen LogP contribution in [0.5, 0.6) is 0 Å². The minimum absolute atomic E-state index is 0.463. The molecule has 0 aliphatic heterocycles. The molecule has 1 fully saturated rings. The maximum Gasteiger partial charge on any atom is 0.208 e. The van der Waals surface area contributed by atoms with Gasteiger partial charge in [0.05, 0.1) is 6.26 Å². The summed E-state index contributed by atoms with van der Waals surface area (Å²) in [7, 11) is -3.06. The normalized spacial score (nSPS) is 23.1. The van der Waals surface area contributed by atoms with Crippen LogP contribution in [0.15, 0.2) is 24.3 Å². The van der Waals surface area contributed by atoms with Crippen molar-refractivity contribution in [1.29, 1.82) is 0 Å². The van der Waals surface area contributed by atoms with Crippen LogP contribution < -0.4 is 10.0 Å². The summed E-state index contributed by atoms with van der Waals surface area (Å²) in [6, 6.07) is 9.20. The van der Waals surface area contributed by atoms with Gasteiger partial charge < -0.3 is 5.32 Å². The lowest BCUT2D eigenvalue weighted by Gasteiger charge is -2.36. The Morgan fingerprint density at radius 1 is 1.26 bits per heavy atom. The predicted octanol–water partition coefficient (Wildman–Crippen LogP) is 1.38. The molecule has 0 spiro atoms. The van der Waals surface area contributed by atoms with Crippen molar-refractivity contribution in [2.24, 2.45) is 0 Å². The summed E-state index contributed by atoms with van der Waals surface area (Å²) in [5.74, 6) is 0.653. The maximum absolute atomic E-state index is 10.9. The number of rotatable bonds is 6. The van der Waals surface area contributed by atoms with Crippen LogP contribution in [0, 0.1) is 6.92 Å². The van der Waals surface area contributed by atoms with Crippen LogP contribution in [-0.2, 0) is 10.0 Å². The molecule has 106 valence electrons. The molecule has 1 aromatic carbocycles. The zero-order chi connectivity index (χ0) is 13.9. The third-order valence-electron chi connectivity index (χ3n) is 3.57. The highest BCUT2D eigenvalue weighted by atomic mass is 32.2. The fraction of sp³-hybridized carbons (Fsp3) is 0.571. The van der Waals surface area contributed by atoms with Gasteiger partial charge >= 0.3 is 0 Å². The zero-order valence-corrected chi connectivity index (χ0v) is 12.3. The first kappa shape index (κ1) is 14.5. The van der Waals surface area contributed by atoms with Crippen molar-refractivity contribution in [1.82, 2.24) is 10.0 Å². The molecule has 0 atom stereocenters. The van der Waals surface area contributed by atoms with E-state index in [0.29, 0.717) is 25.0 Å². The van der Waals surface area contributed by atoms with E-state index >= 15 is 0 Å². The standard InChI is InChI=1S/C14H22N2O2S/c1-11-4-3-5-12(8-11)13-9-14(10-13)15-6-7-16-19(2,17)18/h3-5,8,13-16H,6-7,9-10H2,1-2H3. The summed E-state index contributed by atoms with van der Waals surface area (Å²) in [5.41, 5.74) is 2.73. The minimum atomic E-state index is -3.06. The highest BCUT2D eigenvalue weighted by Gasteiger charge is 2.29. The molecule has 1 aliphatic carbocycles. The SMILES string of the molecule is Cc1cccc(C2CC(NCCNS(C)(=O)=O)C2)c1. The monoisotopic (exact) mass is 282 g/mol. The van der Waals surface area contributed by atoms with Gasteiger partial charge in [-0.1, -0.05) is 29.8 Å². The summed E-state index contributed by atoms with van der Waals surface area (Å²) >= 11 is 0. The quantitative estimate of drug-likeness (QED) is 0.775.